The molecule has 3 aliphatic rings. The molecule has 278 valence electrons. The van der Waals surface area contributed by atoms with E-state index >= 15 is 0 Å². The van der Waals surface area contributed by atoms with Crippen LogP contribution in [0.3, 0.4) is 0 Å². The highest BCUT2D eigenvalue weighted by Crippen LogP contribution is 2.37. The minimum atomic E-state index is -1.02. The van der Waals surface area contributed by atoms with Gasteiger partial charge in [0.05, 0.1) is 29.0 Å². The molecule has 0 bridgehead atoms. The molecule has 2 aliphatic heterocycles. The van der Waals surface area contributed by atoms with Gasteiger partial charge in [0.25, 0.3) is 5.91 Å². The normalized spacial score (nSPS) is 21.4. The number of nitrogens with one attached hydrogen (secondary N) is 5. The van der Waals surface area contributed by atoms with Gasteiger partial charge in [-0.25, -0.2) is 4.98 Å². The monoisotopic (exact) mass is 742 g/mol. The Morgan fingerprint density at radius 1 is 1.11 bits per heavy atom. The predicted octanol–water partition coefficient (Wildman–Crippen LogP) is 4.24. The van der Waals surface area contributed by atoms with Crippen LogP contribution in [-0.2, 0) is 26.2 Å². The van der Waals surface area contributed by atoms with Crippen LogP contribution < -0.4 is 31.5 Å². The van der Waals surface area contributed by atoms with Crippen LogP contribution in [-0.4, -0.2) is 82.1 Å². The summed E-state index contributed by atoms with van der Waals surface area (Å²) in [5.41, 5.74) is 4.96. The number of rotatable bonds is 11. The summed E-state index contributed by atoms with van der Waals surface area (Å²) in [6, 6.07) is 12.0. The van der Waals surface area contributed by atoms with E-state index in [4.69, 9.17) is 21.4 Å². The molecule has 0 spiro atoms. The van der Waals surface area contributed by atoms with Crippen LogP contribution in [0.4, 0.5) is 28.8 Å². The summed E-state index contributed by atoms with van der Waals surface area (Å²) in [5, 5.41) is 32.1. The minimum Gasteiger partial charge on any atom is -0.483 e. The number of para-hydroxylation sites is 1. The van der Waals surface area contributed by atoms with E-state index in [0.717, 1.165) is 65.8 Å². The van der Waals surface area contributed by atoms with E-state index < -0.39 is 12.1 Å². The van der Waals surface area contributed by atoms with Gasteiger partial charge in [-0.2, -0.15) is 10.1 Å². The Kier molecular flexibility index (Phi) is 10.4. The molecule has 6 N–H and O–H groups in total. The van der Waals surface area contributed by atoms with Crippen LogP contribution in [0.5, 0.6) is 0 Å². The van der Waals surface area contributed by atoms with Crippen molar-refractivity contribution in [2.24, 2.45) is 13.0 Å². The number of carbonyl (C=O) groups excluding carboxylic acids is 3. The fraction of sp³-hybridized carbons (Fsp3) is 0.405. The third-order valence-corrected chi connectivity index (χ3v) is 10.5. The SMILES string of the molecule is CNC(=O)COC1=Cc2cc(Nc3nc(NC[C@H]4CC[C@@H](Nc5cccc6c(C7CCC(=O)NC7=O)nn(C)c56)CC4)ncc3Cl)ccc2N(C)C1O. The third kappa shape index (κ3) is 7.71. The van der Waals surface area contributed by atoms with Gasteiger partial charge in [0.1, 0.15) is 10.8 Å². The third-order valence-electron chi connectivity index (χ3n) is 10.2. The molecule has 2 unspecified atom stereocenters. The second kappa shape index (κ2) is 15.3. The smallest absolute Gasteiger partial charge is 0.257 e. The maximum atomic E-state index is 12.6. The number of aryl methyl sites for hydroxylation is 1. The molecule has 4 aromatic rings. The van der Waals surface area contributed by atoms with Crippen molar-refractivity contribution in [3.05, 3.63) is 64.6 Å². The standard InChI is InChI=1S/C37H43ClN10O5/c1-39-31(50)19-53-29-16-21-15-23(11-13-28(21)47(2)36(29)52)43-34-26(38)18-41-37(45-34)40-17-20-7-9-22(10-8-20)42-27-6-4-5-24-32(46-48(3)33(24)27)25-12-14-30(49)44-35(25)51/h4-6,11,13,15-16,18,20,22,25,36,42,52H,7-10,12,14,17,19H2,1-3H3,(H,39,50)(H,44,49,51)(H2,40,41,43,45)/t20-,22+,25?,36?. The Hall–Kier alpha value is -5.41. The van der Waals surface area contributed by atoms with Crippen LogP contribution in [0.2, 0.25) is 5.02 Å². The summed E-state index contributed by atoms with van der Waals surface area (Å²) >= 11 is 6.50. The van der Waals surface area contributed by atoms with Gasteiger partial charge in [0.15, 0.2) is 18.7 Å². The molecule has 1 aliphatic carbocycles. The Labute approximate surface area is 311 Å². The number of imide groups is 1. The number of aromatic nitrogens is 4. The van der Waals surface area contributed by atoms with Crippen molar-refractivity contribution in [1.29, 1.82) is 0 Å². The highest BCUT2D eigenvalue weighted by atomic mass is 35.5. The zero-order valence-electron chi connectivity index (χ0n) is 29.8. The quantitative estimate of drug-likeness (QED) is 0.120. The second-order valence-electron chi connectivity index (χ2n) is 13.7. The molecule has 3 amide bonds. The Balaban J connectivity index is 0.949. The maximum Gasteiger partial charge on any atom is 0.257 e. The number of aliphatic hydroxyl groups excluding tert-OH is 1. The fourth-order valence-corrected chi connectivity index (χ4v) is 7.43. The summed E-state index contributed by atoms with van der Waals surface area (Å²) in [7, 11) is 5.17. The number of halogens is 1. The van der Waals surface area contributed by atoms with Crippen LogP contribution >= 0.6 is 11.6 Å². The molecule has 2 atom stereocenters. The van der Waals surface area contributed by atoms with Gasteiger partial charge in [0, 0.05) is 62.5 Å². The summed E-state index contributed by atoms with van der Waals surface area (Å²) < 4.78 is 7.41. The summed E-state index contributed by atoms with van der Waals surface area (Å²) in [6.45, 7) is 0.516. The van der Waals surface area contributed by atoms with Crippen LogP contribution in [0, 0.1) is 5.92 Å². The maximum absolute atomic E-state index is 12.6. The van der Waals surface area contributed by atoms with Crippen molar-refractivity contribution in [2.75, 3.05) is 48.1 Å². The Morgan fingerprint density at radius 3 is 2.70 bits per heavy atom. The van der Waals surface area contributed by atoms with E-state index in [0.29, 0.717) is 47.3 Å². The van der Waals surface area contributed by atoms with Crippen molar-refractivity contribution in [2.45, 2.75) is 56.7 Å². The molecular formula is C37H43ClN10O5. The van der Waals surface area contributed by atoms with Gasteiger partial charge in [-0.3, -0.25) is 24.4 Å². The first kappa shape index (κ1) is 36.0. The first-order valence-electron chi connectivity index (χ1n) is 17.8. The summed E-state index contributed by atoms with van der Waals surface area (Å²) in [6.07, 6.45) is 7.06. The fourth-order valence-electron chi connectivity index (χ4n) is 7.29. The number of nitrogens with zero attached hydrogens (tertiary/aromatic N) is 5. The molecule has 53 heavy (non-hydrogen) atoms. The van der Waals surface area contributed by atoms with Crippen molar-refractivity contribution >= 4 is 75.1 Å². The average Bonchev–Trinajstić information content (AvgIpc) is 3.49. The van der Waals surface area contributed by atoms with Gasteiger partial charge in [0.2, 0.25) is 17.8 Å². The number of benzene rings is 2. The van der Waals surface area contributed by atoms with Crippen molar-refractivity contribution in [1.82, 2.24) is 30.4 Å². The number of aliphatic hydroxyl groups is 1. The number of fused-ring (bicyclic) bond motifs is 2. The zero-order chi connectivity index (χ0) is 37.2. The van der Waals surface area contributed by atoms with E-state index in [1.165, 1.54) is 7.05 Å². The number of likely N-dealkylation sites (N-methyl/N-ethyl adjacent to an activating group) is 2. The number of piperidine rings is 1. The van der Waals surface area contributed by atoms with Crippen LogP contribution in [0.25, 0.3) is 17.0 Å². The molecule has 1 saturated carbocycles. The molecule has 4 heterocycles. The van der Waals surface area contributed by atoms with Gasteiger partial charge in [-0.05, 0) is 68.4 Å². The molecule has 0 radical (unpaired) electrons. The molecular weight excluding hydrogens is 700 g/mol. The van der Waals surface area contributed by atoms with E-state index in [1.54, 1.807) is 24.2 Å². The van der Waals surface area contributed by atoms with Gasteiger partial charge in [-0.15, -0.1) is 0 Å². The number of anilines is 5. The lowest BCUT2D eigenvalue weighted by Gasteiger charge is -2.32. The van der Waals surface area contributed by atoms with Gasteiger partial charge >= 0.3 is 0 Å². The molecule has 15 nitrogen and oxygen atoms in total. The predicted molar refractivity (Wildman–Crippen MR) is 203 cm³/mol. The Bertz CT molecular complexity index is 2080. The zero-order valence-corrected chi connectivity index (χ0v) is 30.5. The highest BCUT2D eigenvalue weighted by molar-refractivity contribution is 6.32. The molecule has 1 saturated heterocycles. The Morgan fingerprint density at radius 2 is 1.92 bits per heavy atom. The average molecular weight is 743 g/mol. The number of amides is 3. The van der Waals surface area contributed by atoms with Gasteiger partial charge < -0.3 is 36.0 Å². The molecule has 2 aromatic carbocycles. The second-order valence-corrected chi connectivity index (χ2v) is 14.1. The van der Waals surface area contributed by atoms with E-state index in [-0.39, 0.29) is 30.1 Å². The lowest BCUT2D eigenvalue weighted by atomic mass is 9.86. The first-order valence-corrected chi connectivity index (χ1v) is 18.1. The minimum absolute atomic E-state index is 0.204. The summed E-state index contributed by atoms with van der Waals surface area (Å²) in [4.78, 5) is 46.7. The number of hydrogen-bond acceptors (Lipinski definition) is 12. The number of ether oxygens (including phenoxy) is 1. The van der Waals surface area contributed by atoms with Crippen LogP contribution in [0.1, 0.15) is 55.7 Å². The van der Waals surface area contributed by atoms with E-state index in [1.807, 2.05) is 42.1 Å². The van der Waals surface area contributed by atoms with Crippen molar-refractivity contribution in [3.63, 3.8) is 0 Å². The van der Waals surface area contributed by atoms with Crippen LogP contribution in [0.15, 0.2) is 48.4 Å². The first-order chi connectivity index (χ1) is 25.6. The topological polar surface area (TPSA) is 188 Å². The summed E-state index contributed by atoms with van der Waals surface area (Å²) in [5.74, 6) is 0.368. The lowest BCUT2D eigenvalue weighted by Crippen LogP contribution is -2.39. The van der Waals surface area contributed by atoms with Crippen molar-refractivity contribution in [3.8, 4) is 0 Å². The molecule has 2 aromatic heterocycles. The van der Waals surface area contributed by atoms with Gasteiger partial charge in [-0.1, -0.05) is 23.7 Å². The number of hydrogen-bond donors (Lipinski definition) is 6. The van der Waals surface area contributed by atoms with E-state index in [2.05, 4.69) is 42.6 Å². The highest BCUT2D eigenvalue weighted by Gasteiger charge is 2.32. The van der Waals surface area contributed by atoms with E-state index in [9.17, 15) is 19.5 Å². The van der Waals surface area contributed by atoms with Crippen molar-refractivity contribution < 1.29 is 24.2 Å². The molecule has 16 heteroatoms. The number of carbonyl (C=O) groups is 3. The molecule has 2 fully saturated rings. The molecule has 7 rings (SSSR count). The largest absolute Gasteiger partial charge is 0.483 e. The lowest BCUT2D eigenvalue weighted by molar-refractivity contribution is -0.134.